The van der Waals surface area contributed by atoms with Gasteiger partial charge in [0, 0.05) is 12.0 Å². The van der Waals surface area contributed by atoms with Crippen molar-refractivity contribution < 1.29 is 9.48 Å². The lowest BCUT2D eigenvalue weighted by Gasteiger charge is -2.28. The van der Waals surface area contributed by atoms with Crippen molar-refractivity contribution >= 4 is 6.21 Å². The molecule has 222 valence electrons. The number of hydrogen-bond acceptors (Lipinski definition) is 0. The molecule has 0 saturated carbocycles. The van der Waals surface area contributed by atoms with Gasteiger partial charge >= 0.3 is 0 Å². The Hall–Kier alpha value is -1.41. The van der Waals surface area contributed by atoms with Crippen LogP contribution in [0.15, 0.2) is 36.1 Å². The summed E-state index contributed by atoms with van der Waals surface area (Å²) in [6.45, 7) is 6.00. The Morgan fingerprint density at radius 3 is 1.79 bits per heavy atom. The van der Waals surface area contributed by atoms with Gasteiger partial charge in [0.2, 0.25) is 0 Å². The molecule has 1 atom stereocenters. The van der Waals surface area contributed by atoms with Crippen molar-refractivity contribution in [3.8, 4) is 0 Å². The molecule has 3 aliphatic rings. The highest BCUT2D eigenvalue weighted by atomic mass is 15.1. The summed E-state index contributed by atoms with van der Waals surface area (Å²) >= 11 is 0. The summed E-state index contributed by atoms with van der Waals surface area (Å²) in [4.78, 5) is 1.70. The first-order chi connectivity index (χ1) is 19.4. The third-order valence-corrected chi connectivity index (χ3v) is 9.12. The van der Waals surface area contributed by atoms with Crippen LogP contribution >= 0.6 is 0 Å². The van der Waals surface area contributed by atoms with E-state index in [4.69, 9.17) is 0 Å². The van der Waals surface area contributed by atoms with E-state index in [0.717, 1.165) is 0 Å². The first-order valence-electron chi connectivity index (χ1n) is 17.6. The van der Waals surface area contributed by atoms with Gasteiger partial charge < -0.3 is 15.6 Å². The highest BCUT2D eigenvalue weighted by Crippen LogP contribution is 2.18. The minimum atomic E-state index is 1.19. The molecular weight excluding hydrogens is 472 g/mol. The lowest BCUT2D eigenvalue weighted by atomic mass is 9.98. The Morgan fingerprint density at radius 1 is 0.615 bits per heavy atom. The van der Waals surface area contributed by atoms with E-state index in [0.29, 0.717) is 0 Å². The Balaban J connectivity index is 1.30. The molecule has 0 fully saturated rings. The maximum atomic E-state index is 2.56. The molecule has 4 bridgehead atoms. The molecule has 0 saturated heterocycles. The predicted molar refractivity (Wildman–Crippen MR) is 171 cm³/mol. The summed E-state index contributed by atoms with van der Waals surface area (Å²) in [5.74, 6) is 1.54. The van der Waals surface area contributed by atoms with Crippen LogP contribution in [-0.4, -0.2) is 30.4 Å². The third-order valence-electron chi connectivity index (χ3n) is 9.12. The van der Waals surface area contributed by atoms with Gasteiger partial charge in [0.15, 0.2) is 0 Å². The van der Waals surface area contributed by atoms with Gasteiger partial charge in [0.1, 0.15) is 13.1 Å². The standard InChI is InChI=1S/C37H63N2/c1-2-6-10-14-18-22-30-38-32-25-29-37(35-38)27-21-17-13-9-5-3-7-11-15-19-23-31-39-33-24-28-36(34-39)26-20-16-12-8-4-1/h24-25,28-29,33-35H,1-23,26-27,30-32H2/q-1/p+1. The van der Waals surface area contributed by atoms with Crippen LogP contribution in [0.1, 0.15) is 161 Å². The molecule has 2 heteroatoms. The number of rotatable bonds is 0. The summed E-state index contributed by atoms with van der Waals surface area (Å²) in [6, 6.07) is 0. The molecule has 0 aromatic carbocycles. The number of nitrogens with one attached hydrogen (secondary N) is 1. The van der Waals surface area contributed by atoms with Crippen LogP contribution in [0.5, 0.6) is 0 Å². The predicted octanol–water partition coefficient (Wildman–Crippen LogP) is 9.48. The summed E-state index contributed by atoms with van der Waals surface area (Å²) in [5, 5.41) is 0. The molecule has 3 rings (SSSR count). The molecule has 39 heavy (non-hydrogen) atoms. The van der Waals surface area contributed by atoms with Crippen LogP contribution < -0.4 is 4.90 Å². The van der Waals surface area contributed by atoms with Crippen molar-refractivity contribution in [1.29, 1.82) is 0 Å². The van der Waals surface area contributed by atoms with Crippen molar-refractivity contribution in [2.75, 3.05) is 19.6 Å². The van der Waals surface area contributed by atoms with Crippen LogP contribution in [0.3, 0.4) is 0 Å². The van der Waals surface area contributed by atoms with Crippen molar-refractivity contribution in [3.63, 3.8) is 0 Å². The molecule has 0 aliphatic carbocycles. The quantitative estimate of drug-likeness (QED) is 0.233. The van der Waals surface area contributed by atoms with E-state index < -0.39 is 0 Å². The number of hydrogen-bond donors (Lipinski definition) is 1. The second kappa shape index (κ2) is 22.3. The van der Waals surface area contributed by atoms with E-state index in [1.807, 2.05) is 0 Å². The fraction of sp³-hybridized carbons (Fsp3) is 0.757. The van der Waals surface area contributed by atoms with Crippen molar-refractivity contribution in [2.45, 2.75) is 161 Å². The molecule has 0 aromatic rings. The lowest BCUT2D eigenvalue weighted by Crippen LogP contribution is -3.07. The van der Waals surface area contributed by atoms with E-state index in [9.17, 15) is 0 Å². The van der Waals surface area contributed by atoms with E-state index in [2.05, 4.69) is 47.8 Å². The first kappa shape index (κ1) is 32.1. The molecule has 1 unspecified atom stereocenters. The zero-order valence-corrected chi connectivity index (χ0v) is 25.8. The van der Waals surface area contributed by atoms with Gasteiger partial charge in [0.25, 0.3) is 0 Å². The van der Waals surface area contributed by atoms with Crippen molar-refractivity contribution in [3.05, 3.63) is 48.5 Å². The van der Waals surface area contributed by atoms with Gasteiger partial charge in [0.05, 0.1) is 12.7 Å². The van der Waals surface area contributed by atoms with Crippen LogP contribution in [-0.2, 0) is 0 Å². The Labute approximate surface area is 244 Å². The van der Waals surface area contributed by atoms with Gasteiger partial charge in [-0.1, -0.05) is 122 Å². The Bertz CT molecular complexity index is 715. The fourth-order valence-corrected chi connectivity index (χ4v) is 6.59. The highest BCUT2D eigenvalue weighted by Gasteiger charge is 2.10. The highest BCUT2D eigenvalue weighted by molar-refractivity contribution is 5.74. The molecule has 3 heterocycles. The van der Waals surface area contributed by atoms with Crippen LogP contribution in [0.25, 0.3) is 0 Å². The molecule has 0 radical (unpaired) electrons. The van der Waals surface area contributed by atoms with Gasteiger partial charge in [-0.3, -0.25) is 6.08 Å². The average Bonchev–Trinajstić information content (AvgIpc) is 2.95. The Kier molecular flexibility index (Phi) is 18.4. The second-order valence-corrected chi connectivity index (χ2v) is 12.8. The monoisotopic (exact) mass is 537 g/mol. The van der Waals surface area contributed by atoms with Crippen LogP contribution in [0, 0.1) is 12.5 Å². The van der Waals surface area contributed by atoms with Crippen molar-refractivity contribution in [2.24, 2.45) is 0 Å². The normalized spacial score (nSPS) is 25.6. The number of quaternary nitrogens is 1. The molecule has 0 amide bonds. The second-order valence-electron chi connectivity index (χ2n) is 12.8. The van der Waals surface area contributed by atoms with Crippen LogP contribution in [0.4, 0.5) is 0 Å². The minimum Gasteiger partial charge on any atom is -0.343 e. The SMILES string of the molecule is C1=C[C-]2C=[N+]([CH-]1)CCCCCCCCCCCCCC1=C[NH+](CC=C1)CCCCCCCCCCCCCC2. The average molecular weight is 537 g/mol. The van der Waals surface area contributed by atoms with Gasteiger partial charge in [-0.15, -0.1) is 6.42 Å². The fourth-order valence-electron chi connectivity index (χ4n) is 6.59. The van der Waals surface area contributed by atoms with E-state index in [-0.39, 0.29) is 0 Å². The minimum absolute atomic E-state index is 1.19. The first-order valence-corrected chi connectivity index (χ1v) is 17.6. The van der Waals surface area contributed by atoms with Gasteiger partial charge in [-0.2, -0.15) is 0 Å². The maximum absolute atomic E-state index is 2.56. The van der Waals surface area contributed by atoms with E-state index in [1.54, 1.807) is 10.5 Å². The third kappa shape index (κ3) is 16.4. The molecule has 1 N–H and O–H groups in total. The van der Waals surface area contributed by atoms with E-state index in [1.165, 1.54) is 186 Å². The molecular formula is C37H64N2. The molecule has 0 aromatic heterocycles. The smallest absolute Gasteiger partial charge is 0.123 e. The van der Waals surface area contributed by atoms with E-state index >= 15 is 0 Å². The summed E-state index contributed by atoms with van der Waals surface area (Å²) in [6.07, 6.45) is 49.7. The lowest BCUT2D eigenvalue weighted by molar-refractivity contribution is -0.841. The maximum Gasteiger partial charge on any atom is 0.123 e. The number of fused-ring (bicyclic) bond motifs is 2. The number of nitrogens with zero attached hydrogens (tertiary/aromatic N) is 1. The summed E-state index contributed by atoms with van der Waals surface area (Å²) in [7, 11) is 0. The largest absolute Gasteiger partial charge is 0.343 e. The van der Waals surface area contributed by atoms with Gasteiger partial charge in [-0.05, 0) is 50.9 Å². The van der Waals surface area contributed by atoms with Crippen molar-refractivity contribution in [1.82, 2.24) is 0 Å². The van der Waals surface area contributed by atoms with Gasteiger partial charge in [-0.25, -0.2) is 5.92 Å². The zero-order chi connectivity index (χ0) is 27.1. The summed E-state index contributed by atoms with van der Waals surface area (Å²) < 4.78 is 2.44. The molecule has 0 spiro atoms. The topological polar surface area (TPSA) is 7.45 Å². The molecule has 2 nitrogen and oxygen atoms in total. The van der Waals surface area contributed by atoms with Crippen LogP contribution in [0.2, 0.25) is 0 Å². The summed E-state index contributed by atoms with van der Waals surface area (Å²) in [5.41, 5.74) is 1.60. The molecule has 3 aliphatic heterocycles. The zero-order valence-electron chi connectivity index (χ0n) is 25.8. The number of allylic oxidation sites excluding steroid dienone is 3. The Morgan fingerprint density at radius 2 is 1.15 bits per heavy atom.